The van der Waals surface area contributed by atoms with Gasteiger partial charge < -0.3 is 33.2 Å². The van der Waals surface area contributed by atoms with Gasteiger partial charge in [-0.3, -0.25) is 0 Å². The molecule has 1 heterocycles. The summed E-state index contributed by atoms with van der Waals surface area (Å²) in [5.41, 5.74) is 0.702. The van der Waals surface area contributed by atoms with Crippen LogP contribution in [0.5, 0.6) is 28.7 Å². The Balaban J connectivity index is 2.50. The number of esters is 2. The number of methoxy groups -OCH3 is 5. The highest BCUT2D eigenvalue weighted by atomic mass is 16.7. The molecule has 0 aliphatic carbocycles. The molecule has 1 aliphatic heterocycles. The van der Waals surface area contributed by atoms with Gasteiger partial charge in [-0.05, 0) is 18.2 Å². The summed E-state index contributed by atoms with van der Waals surface area (Å²) in [6, 6.07) is 4.55. The molecule has 0 saturated heterocycles. The predicted octanol–water partition coefficient (Wildman–Crippen LogP) is 2.68. The first-order valence-corrected chi connectivity index (χ1v) is 8.44. The number of rotatable bonds is 6. The molecule has 29 heavy (non-hydrogen) atoms. The molecule has 2 aromatic rings. The standard InChI is InChI=1S/C20H20O9/c1-23-13-8-11(20(22)27-5)15(18(25-3)17(13)24-2)14-10(19(21)26-4)6-7-12-16(14)29-9-28-12/h6-8H,9H2,1-5H3. The van der Waals surface area contributed by atoms with E-state index in [0.717, 1.165) is 0 Å². The van der Waals surface area contributed by atoms with Gasteiger partial charge in [-0.1, -0.05) is 0 Å². The molecule has 0 bridgehead atoms. The number of hydrogen-bond acceptors (Lipinski definition) is 9. The number of benzene rings is 2. The van der Waals surface area contributed by atoms with E-state index in [-0.39, 0.29) is 52.0 Å². The molecule has 0 spiro atoms. The number of hydrogen-bond donors (Lipinski definition) is 0. The minimum Gasteiger partial charge on any atom is -0.493 e. The van der Waals surface area contributed by atoms with Crippen LogP contribution in [0.3, 0.4) is 0 Å². The Labute approximate surface area is 167 Å². The molecule has 0 fully saturated rings. The molecular weight excluding hydrogens is 384 g/mol. The second-order valence-corrected chi connectivity index (χ2v) is 5.77. The van der Waals surface area contributed by atoms with E-state index in [4.69, 9.17) is 33.2 Å². The fourth-order valence-electron chi connectivity index (χ4n) is 3.18. The Morgan fingerprint density at radius 2 is 1.45 bits per heavy atom. The van der Waals surface area contributed by atoms with Crippen molar-refractivity contribution in [3.8, 4) is 39.9 Å². The van der Waals surface area contributed by atoms with Gasteiger partial charge in [0.05, 0.1) is 46.7 Å². The molecule has 3 rings (SSSR count). The average Bonchev–Trinajstić information content (AvgIpc) is 3.24. The average molecular weight is 404 g/mol. The molecule has 9 heteroatoms. The third-order valence-electron chi connectivity index (χ3n) is 4.43. The SMILES string of the molecule is COC(=O)c1ccc2c(c1-c1c(C(=O)OC)cc(OC)c(OC)c1OC)OCO2. The molecule has 2 aromatic carbocycles. The lowest BCUT2D eigenvalue weighted by atomic mass is 9.92. The van der Waals surface area contributed by atoms with Gasteiger partial charge in [-0.15, -0.1) is 0 Å². The summed E-state index contributed by atoms with van der Waals surface area (Å²) in [6.45, 7) is -0.0455. The first-order chi connectivity index (χ1) is 14.0. The molecule has 154 valence electrons. The summed E-state index contributed by atoms with van der Waals surface area (Å²) in [6.07, 6.45) is 0. The van der Waals surface area contributed by atoms with E-state index >= 15 is 0 Å². The molecule has 0 atom stereocenters. The van der Waals surface area contributed by atoms with Crippen molar-refractivity contribution in [1.82, 2.24) is 0 Å². The summed E-state index contributed by atoms with van der Waals surface area (Å²) in [5, 5.41) is 0. The van der Waals surface area contributed by atoms with Gasteiger partial charge in [0, 0.05) is 11.1 Å². The maximum absolute atomic E-state index is 12.6. The molecule has 0 unspecified atom stereocenters. The van der Waals surface area contributed by atoms with Crippen molar-refractivity contribution >= 4 is 11.9 Å². The Hall–Kier alpha value is -3.62. The number of carbonyl (C=O) groups excluding carboxylic acids is 2. The van der Waals surface area contributed by atoms with Crippen LogP contribution in [-0.4, -0.2) is 54.3 Å². The lowest BCUT2D eigenvalue weighted by Gasteiger charge is -2.21. The van der Waals surface area contributed by atoms with Crippen molar-refractivity contribution in [1.29, 1.82) is 0 Å². The predicted molar refractivity (Wildman–Crippen MR) is 100 cm³/mol. The van der Waals surface area contributed by atoms with E-state index < -0.39 is 11.9 Å². The molecule has 0 saturated carbocycles. The van der Waals surface area contributed by atoms with E-state index in [1.165, 1.54) is 47.7 Å². The first-order valence-electron chi connectivity index (χ1n) is 8.44. The second kappa shape index (κ2) is 8.17. The van der Waals surface area contributed by atoms with Crippen LogP contribution in [0.4, 0.5) is 0 Å². The van der Waals surface area contributed by atoms with E-state index in [0.29, 0.717) is 5.75 Å². The molecule has 0 amide bonds. The maximum Gasteiger partial charge on any atom is 0.338 e. The van der Waals surface area contributed by atoms with Gasteiger partial charge in [-0.2, -0.15) is 0 Å². The van der Waals surface area contributed by atoms with Crippen LogP contribution >= 0.6 is 0 Å². The molecule has 0 aromatic heterocycles. The van der Waals surface area contributed by atoms with Crippen LogP contribution in [-0.2, 0) is 9.47 Å². The van der Waals surface area contributed by atoms with Gasteiger partial charge in [0.2, 0.25) is 12.5 Å². The fourth-order valence-corrected chi connectivity index (χ4v) is 3.18. The van der Waals surface area contributed by atoms with Gasteiger partial charge in [0.15, 0.2) is 23.0 Å². The summed E-state index contributed by atoms with van der Waals surface area (Å²) in [5.74, 6) is -0.00873. The molecule has 1 aliphatic rings. The van der Waals surface area contributed by atoms with Crippen LogP contribution in [0, 0.1) is 0 Å². The largest absolute Gasteiger partial charge is 0.493 e. The molecular formula is C20H20O9. The lowest BCUT2D eigenvalue weighted by Crippen LogP contribution is -2.11. The Bertz CT molecular complexity index is 965. The quantitative estimate of drug-likeness (QED) is 0.673. The van der Waals surface area contributed by atoms with Gasteiger partial charge in [0.25, 0.3) is 0 Å². The highest BCUT2D eigenvalue weighted by Gasteiger charge is 2.33. The monoisotopic (exact) mass is 404 g/mol. The van der Waals surface area contributed by atoms with Crippen LogP contribution in [0.25, 0.3) is 11.1 Å². The van der Waals surface area contributed by atoms with Crippen molar-refractivity contribution in [2.24, 2.45) is 0 Å². The van der Waals surface area contributed by atoms with Crippen molar-refractivity contribution < 1.29 is 42.7 Å². The van der Waals surface area contributed by atoms with E-state index in [1.54, 1.807) is 6.07 Å². The highest BCUT2D eigenvalue weighted by Crippen LogP contribution is 2.53. The summed E-state index contributed by atoms with van der Waals surface area (Å²) in [4.78, 5) is 25.1. The van der Waals surface area contributed by atoms with Crippen LogP contribution in [0.15, 0.2) is 18.2 Å². The third-order valence-corrected chi connectivity index (χ3v) is 4.43. The Morgan fingerprint density at radius 3 is 2.03 bits per heavy atom. The zero-order valence-corrected chi connectivity index (χ0v) is 16.6. The Kier molecular flexibility index (Phi) is 5.67. The minimum absolute atomic E-state index is 0.0455. The zero-order chi connectivity index (χ0) is 21.1. The van der Waals surface area contributed by atoms with Crippen LogP contribution in [0.2, 0.25) is 0 Å². The first kappa shape index (κ1) is 20.1. The smallest absolute Gasteiger partial charge is 0.338 e. The van der Waals surface area contributed by atoms with Crippen LogP contribution < -0.4 is 23.7 Å². The summed E-state index contributed by atoms with van der Waals surface area (Å²) in [7, 11) is 6.75. The summed E-state index contributed by atoms with van der Waals surface area (Å²) < 4.78 is 37.2. The Morgan fingerprint density at radius 1 is 0.793 bits per heavy atom. The third kappa shape index (κ3) is 3.24. The topological polar surface area (TPSA) is 98.8 Å². The lowest BCUT2D eigenvalue weighted by molar-refractivity contribution is 0.0589. The molecule has 9 nitrogen and oxygen atoms in total. The zero-order valence-electron chi connectivity index (χ0n) is 16.6. The minimum atomic E-state index is -0.674. The van der Waals surface area contributed by atoms with E-state index in [1.807, 2.05) is 0 Å². The van der Waals surface area contributed by atoms with E-state index in [2.05, 4.69) is 0 Å². The van der Waals surface area contributed by atoms with Gasteiger partial charge >= 0.3 is 11.9 Å². The summed E-state index contributed by atoms with van der Waals surface area (Å²) >= 11 is 0. The van der Waals surface area contributed by atoms with Gasteiger partial charge in [-0.25, -0.2) is 9.59 Å². The maximum atomic E-state index is 12.6. The number of ether oxygens (including phenoxy) is 7. The van der Waals surface area contributed by atoms with E-state index in [9.17, 15) is 9.59 Å². The number of carbonyl (C=O) groups is 2. The van der Waals surface area contributed by atoms with Crippen molar-refractivity contribution in [3.63, 3.8) is 0 Å². The molecule has 0 N–H and O–H groups in total. The van der Waals surface area contributed by atoms with Crippen molar-refractivity contribution in [3.05, 3.63) is 29.3 Å². The fraction of sp³-hybridized carbons (Fsp3) is 0.300. The van der Waals surface area contributed by atoms with Gasteiger partial charge in [0.1, 0.15) is 0 Å². The van der Waals surface area contributed by atoms with Crippen molar-refractivity contribution in [2.75, 3.05) is 42.3 Å². The highest BCUT2D eigenvalue weighted by molar-refractivity contribution is 6.08. The second-order valence-electron chi connectivity index (χ2n) is 5.77. The normalized spacial score (nSPS) is 11.6. The van der Waals surface area contributed by atoms with Crippen molar-refractivity contribution in [2.45, 2.75) is 0 Å². The molecule has 0 radical (unpaired) electrons. The number of fused-ring (bicyclic) bond motifs is 1. The van der Waals surface area contributed by atoms with Crippen LogP contribution in [0.1, 0.15) is 20.7 Å².